The zero-order valence-electron chi connectivity index (χ0n) is 18.2. The van der Waals surface area contributed by atoms with Gasteiger partial charge in [0.2, 0.25) is 5.78 Å². The van der Waals surface area contributed by atoms with E-state index in [-0.39, 0.29) is 11.4 Å². The van der Waals surface area contributed by atoms with Crippen LogP contribution in [-0.4, -0.2) is 27.4 Å². The summed E-state index contributed by atoms with van der Waals surface area (Å²) in [5, 5.41) is 10.3. The van der Waals surface area contributed by atoms with Crippen LogP contribution in [0, 0.1) is 32.1 Å². The van der Waals surface area contributed by atoms with Gasteiger partial charge in [-0.25, -0.2) is 4.79 Å². The summed E-state index contributed by atoms with van der Waals surface area (Å²) >= 11 is 0. The number of nitrogens with one attached hydrogen (secondary N) is 1. The maximum atomic E-state index is 13.0. The lowest BCUT2D eigenvalue weighted by Crippen LogP contribution is -2.25. The molecule has 2 aromatic heterocycles. The summed E-state index contributed by atoms with van der Waals surface area (Å²) in [6, 6.07) is 11.9. The van der Waals surface area contributed by atoms with Gasteiger partial charge in [0.1, 0.15) is 11.6 Å². The number of rotatable bonds is 6. The summed E-state index contributed by atoms with van der Waals surface area (Å²) in [6.07, 6.45) is 2.84. The van der Waals surface area contributed by atoms with Crippen molar-refractivity contribution in [2.75, 3.05) is 0 Å². The Morgan fingerprint density at radius 2 is 1.97 bits per heavy atom. The van der Waals surface area contributed by atoms with Gasteiger partial charge >= 0.3 is 5.97 Å². The molecule has 1 aliphatic rings. The van der Waals surface area contributed by atoms with Crippen LogP contribution in [0.15, 0.2) is 35.9 Å². The Morgan fingerprint density at radius 3 is 2.65 bits per heavy atom. The molecular weight excluding hydrogens is 390 g/mol. The summed E-state index contributed by atoms with van der Waals surface area (Å²) < 4.78 is 7.65. The quantitative estimate of drug-likeness (QED) is 0.267. The van der Waals surface area contributed by atoms with Crippen molar-refractivity contribution in [2.24, 2.45) is 0 Å². The molecule has 0 bridgehead atoms. The predicted molar refractivity (Wildman–Crippen MR) is 119 cm³/mol. The van der Waals surface area contributed by atoms with Gasteiger partial charge in [0.25, 0.3) is 0 Å². The lowest BCUT2D eigenvalue weighted by atomic mass is 10.0. The maximum Gasteiger partial charge on any atom is 0.349 e. The van der Waals surface area contributed by atoms with E-state index in [4.69, 9.17) is 4.74 Å². The van der Waals surface area contributed by atoms with E-state index >= 15 is 0 Å². The number of para-hydroxylation sites is 1. The average Bonchev–Trinajstić information content (AvgIpc) is 3.45. The normalized spacial score (nSPS) is 15.0. The van der Waals surface area contributed by atoms with Crippen molar-refractivity contribution in [3.05, 3.63) is 64.1 Å². The number of Topliss-reactive ketones (excluding diaryl/α,β-unsaturated/α-hetero) is 1. The van der Waals surface area contributed by atoms with Gasteiger partial charge in [-0.05, 0) is 64.3 Å². The molecule has 31 heavy (non-hydrogen) atoms. The zero-order chi connectivity index (χ0) is 22.3. The van der Waals surface area contributed by atoms with E-state index in [0.29, 0.717) is 11.6 Å². The minimum absolute atomic E-state index is 0.119. The highest BCUT2D eigenvalue weighted by molar-refractivity contribution is 6.12. The Hall–Kier alpha value is -3.59. The van der Waals surface area contributed by atoms with E-state index in [1.807, 2.05) is 57.2 Å². The predicted octanol–water partition coefficient (Wildman–Crippen LogP) is 4.95. The van der Waals surface area contributed by atoms with Gasteiger partial charge in [0.05, 0.1) is 0 Å². The molecule has 0 saturated heterocycles. The average molecular weight is 415 g/mol. The molecule has 1 saturated carbocycles. The second-order valence-electron chi connectivity index (χ2n) is 8.18. The number of ether oxygens (including phenoxy) is 1. The van der Waals surface area contributed by atoms with Crippen molar-refractivity contribution in [3.8, 4) is 6.07 Å². The van der Waals surface area contributed by atoms with Gasteiger partial charge < -0.3 is 14.3 Å². The molecule has 0 aliphatic heterocycles. The van der Waals surface area contributed by atoms with Crippen LogP contribution in [0.4, 0.5) is 0 Å². The monoisotopic (exact) mass is 415 g/mol. The number of aromatic amines is 1. The Bertz CT molecular complexity index is 1270. The third-order valence-electron chi connectivity index (χ3n) is 5.87. The maximum absolute atomic E-state index is 13.0. The fourth-order valence-corrected chi connectivity index (χ4v) is 4.21. The van der Waals surface area contributed by atoms with Gasteiger partial charge in [-0.3, -0.25) is 4.79 Å². The molecule has 0 unspecified atom stereocenters. The highest BCUT2D eigenvalue weighted by Gasteiger charge is 2.28. The van der Waals surface area contributed by atoms with Crippen molar-refractivity contribution in [2.45, 2.75) is 52.7 Å². The van der Waals surface area contributed by atoms with Gasteiger partial charge in [-0.15, -0.1) is 0 Å². The van der Waals surface area contributed by atoms with Gasteiger partial charge in [0.15, 0.2) is 6.10 Å². The molecule has 158 valence electrons. The van der Waals surface area contributed by atoms with Crippen LogP contribution in [0.2, 0.25) is 0 Å². The fourth-order valence-electron chi connectivity index (χ4n) is 4.21. The molecule has 1 aliphatic carbocycles. The number of carbonyl (C=O) groups excluding carboxylic acids is 2. The smallest absolute Gasteiger partial charge is 0.349 e. The summed E-state index contributed by atoms with van der Waals surface area (Å²) in [5.41, 5.74) is 4.92. The van der Waals surface area contributed by atoms with E-state index in [0.717, 1.165) is 46.4 Å². The summed E-state index contributed by atoms with van der Waals surface area (Å²) in [6.45, 7) is 7.37. The molecule has 1 fully saturated rings. The molecule has 3 aromatic rings. The lowest BCUT2D eigenvalue weighted by Gasteiger charge is -2.12. The van der Waals surface area contributed by atoms with E-state index < -0.39 is 12.1 Å². The molecule has 6 heteroatoms. The first kappa shape index (κ1) is 20.7. The second-order valence-corrected chi connectivity index (χ2v) is 8.18. The first-order valence-corrected chi connectivity index (χ1v) is 10.4. The van der Waals surface area contributed by atoms with Gasteiger partial charge in [-0.1, -0.05) is 18.2 Å². The molecule has 6 nitrogen and oxygen atoms in total. The lowest BCUT2D eigenvalue weighted by molar-refractivity contribution is -0.141. The Kier molecular flexibility index (Phi) is 5.28. The number of ketones is 1. The summed E-state index contributed by atoms with van der Waals surface area (Å²) in [7, 11) is 0. The highest BCUT2D eigenvalue weighted by atomic mass is 16.5. The number of nitriles is 1. The van der Waals surface area contributed by atoms with Crippen molar-refractivity contribution in [1.29, 1.82) is 5.26 Å². The number of hydrogen-bond donors (Lipinski definition) is 1. The molecule has 4 rings (SSSR count). The Morgan fingerprint density at radius 1 is 1.26 bits per heavy atom. The third-order valence-corrected chi connectivity index (χ3v) is 5.87. The molecule has 0 spiro atoms. The number of carbonyl (C=O) groups is 2. The molecular formula is C25H25N3O3. The second kappa shape index (κ2) is 7.92. The summed E-state index contributed by atoms with van der Waals surface area (Å²) in [5.74, 6) is -1.09. The number of H-pyrrole nitrogens is 1. The number of hydrogen-bond acceptors (Lipinski definition) is 4. The zero-order valence-corrected chi connectivity index (χ0v) is 18.2. The van der Waals surface area contributed by atoms with Crippen LogP contribution in [0.25, 0.3) is 17.0 Å². The van der Waals surface area contributed by atoms with Crippen LogP contribution in [0.5, 0.6) is 0 Å². The third kappa shape index (κ3) is 3.79. The number of nitrogens with zero attached hydrogens (tertiary/aromatic N) is 2. The van der Waals surface area contributed by atoms with E-state index in [1.165, 1.54) is 6.92 Å². The minimum Gasteiger partial charge on any atom is -0.450 e. The first-order valence-electron chi connectivity index (χ1n) is 10.4. The van der Waals surface area contributed by atoms with Crippen LogP contribution in [0.3, 0.4) is 0 Å². The van der Waals surface area contributed by atoms with Crippen LogP contribution in [0.1, 0.15) is 58.8 Å². The minimum atomic E-state index is -1.01. The van der Waals surface area contributed by atoms with Crippen LogP contribution >= 0.6 is 0 Å². The Labute approximate surface area is 181 Å². The standard InChI is InChI=1S/C25H25N3O3/c1-14-11-18(16(3)28(14)20-9-10-20)12-19(13-26)25(30)31-17(4)24(29)23-15(2)27-22-8-6-5-7-21(22)23/h5-8,11-12,17,20,27H,9-10H2,1-4H3/b19-12+/t17-/m1/s1. The SMILES string of the molecule is Cc1[nH]c2ccccc2c1C(=O)[C@@H](C)OC(=O)/C(C#N)=C/c1cc(C)n(C2CC2)c1C. The number of fused-ring (bicyclic) bond motifs is 1. The van der Waals surface area contributed by atoms with Crippen molar-refractivity contribution in [3.63, 3.8) is 0 Å². The van der Waals surface area contributed by atoms with Crippen molar-refractivity contribution < 1.29 is 14.3 Å². The van der Waals surface area contributed by atoms with E-state index in [9.17, 15) is 14.9 Å². The Balaban J connectivity index is 1.55. The van der Waals surface area contributed by atoms with Crippen molar-refractivity contribution >= 4 is 28.7 Å². The summed E-state index contributed by atoms with van der Waals surface area (Å²) in [4.78, 5) is 28.9. The molecule has 2 heterocycles. The highest BCUT2D eigenvalue weighted by Crippen LogP contribution is 2.38. The number of aromatic nitrogens is 2. The van der Waals surface area contributed by atoms with Gasteiger partial charge in [0, 0.05) is 39.6 Å². The van der Waals surface area contributed by atoms with E-state index in [1.54, 1.807) is 6.08 Å². The topological polar surface area (TPSA) is 87.9 Å². The van der Waals surface area contributed by atoms with Crippen molar-refractivity contribution in [1.82, 2.24) is 9.55 Å². The van der Waals surface area contributed by atoms with Crippen LogP contribution < -0.4 is 0 Å². The molecule has 1 N–H and O–H groups in total. The first-order chi connectivity index (χ1) is 14.8. The number of aryl methyl sites for hydroxylation is 2. The van der Waals surface area contributed by atoms with Crippen LogP contribution in [-0.2, 0) is 9.53 Å². The molecule has 0 radical (unpaired) electrons. The number of benzene rings is 1. The molecule has 1 atom stereocenters. The number of esters is 1. The van der Waals surface area contributed by atoms with Gasteiger partial charge in [-0.2, -0.15) is 5.26 Å². The largest absolute Gasteiger partial charge is 0.450 e. The van der Waals surface area contributed by atoms with E-state index in [2.05, 4.69) is 9.55 Å². The molecule has 0 amide bonds. The molecule has 1 aromatic carbocycles. The fraction of sp³-hybridized carbons (Fsp3) is 0.320.